The minimum absolute atomic E-state index is 0.888. The van der Waals surface area contributed by atoms with Gasteiger partial charge in [-0.25, -0.2) is 0 Å². The average Bonchev–Trinajstić information content (AvgIpc) is 2.98. The number of pyridine rings is 1. The molecule has 0 N–H and O–H groups in total. The Morgan fingerprint density at radius 3 is 2.50 bits per heavy atom. The minimum Gasteiger partial charge on any atom is -0.252 e. The Kier molecular flexibility index (Phi) is 2.75. The molecule has 20 heavy (non-hydrogen) atoms. The van der Waals surface area contributed by atoms with E-state index in [2.05, 4.69) is 66.0 Å². The fraction of sp³-hybridized carbons (Fsp3) is 0.0556. The van der Waals surface area contributed by atoms with E-state index in [0.29, 0.717) is 0 Å². The van der Waals surface area contributed by atoms with Crippen LogP contribution >= 0.6 is 11.3 Å². The molecule has 2 aromatic heterocycles. The van der Waals surface area contributed by atoms with Gasteiger partial charge in [0.2, 0.25) is 0 Å². The van der Waals surface area contributed by atoms with Gasteiger partial charge in [-0.05, 0) is 23.1 Å². The zero-order valence-corrected chi connectivity index (χ0v) is 11.7. The second kappa shape index (κ2) is 4.73. The van der Waals surface area contributed by atoms with E-state index in [4.69, 9.17) is 4.98 Å². The predicted molar refractivity (Wildman–Crippen MR) is 86.4 cm³/mol. The SMILES string of the molecule is c1ccc(Cc2nc3ccccc3c3sccc23)cc1. The van der Waals surface area contributed by atoms with Crippen molar-refractivity contribution in [1.29, 1.82) is 0 Å². The van der Waals surface area contributed by atoms with Crippen LogP contribution in [0.15, 0.2) is 66.0 Å². The fourth-order valence-corrected chi connectivity index (χ4v) is 3.59. The average molecular weight is 275 g/mol. The number of hydrogen-bond acceptors (Lipinski definition) is 2. The number of rotatable bonds is 2. The van der Waals surface area contributed by atoms with Crippen molar-refractivity contribution in [3.8, 4) is 0 Å². The summed E-state index contributed by atoms with van der Waals surface area (Å²) in [7, 11) is 0. The summed E-state index contributed by atoms with van der Waals surface area (Å²) < 4.78 is 1.35. The zero-order chi connectivity index (χ0) is 13.4. The van der Waals surface area contributed by atoms with Gasteiger partial charge in [-0.1, -0.05) is 48.5 Å². The van der Waals surface area contributed by atoms with Crippen molar-refractivity contribution in [2.45, 2.75) is 6.42 Å². The predicted octanol–water partition coefficient (Wildman–Crippen LogP) is 5.04. The van der Waals surface area contributed by atoms with Gasteiger partial charge in [-0.15, -0.1) is 11.3 Å². The van der Waals surface area contributed by atoms with Crippen LogP contribution < -0.4 is 0 Å². The van der Waals surface area contributed by atoms with Crippen molar-refractivity contribution in [3.63, 3.8) is 0 Å². The van der Waals surface area contributed by atoms with E-state index < -0.39 is 0 Å². The largest absolute Gasteiger partial charge is 0.252 e. The van der Waals surface area contributed by atoms with Crippen LogP contribution in [0, 0.1) is 0 Å². The fourth-order valence-electron chi connectivity index (χ4n) is 2.64. The third-order valence-electron chi connectivity index (χ3n) is 3.59. The van der Waals surface area contributed by atoms with E-state index >= 15 is 0 Å². The van der Waals surface area contributed by atoms with Gasteiger partial charge >= 0.3 is 0 Å². The van der Waals surface area contributed by atoms with Crippen molar-refractivity contribution < 1.29 is 0 Å². The lowest BCUT2D eigenvalue weighted by molar-refractivity contribution is 1.12. The van der Waals surface area contributed by atoms with Gasteiger partial charge in [0.1, 0.15) is 0 Å². The van der Waals surface area contributed by atoms with Gasteiger partial charge in [0.25, 0.3) is 0 Å². The Balaban J connectivity index is 1.95. The number of nitrogens with zero attached hydrogens (tertiary/aromatic N) is 1. The van der Waals surface area contributed by atoms with Gasteiger partial charge in [0.05, 0.1) is 11.2 Å². The summed E-state index contributed by atoms with van der Waals surface area (Å²) in [4.78, 5) is 4.88. The maximum atomic E-state index is 4.88. The molecule has 4 aromatic rings. The quantitative estimate of drug-likeness (QED) is 0.499. The number of thiophene rings is 1. The molecule has 0 amide bonds. The van der Waals surface area contributed by atoms with Crippen molar-refractivity contribution in [1.82, 2.24) is 4.98 Å². The van der Waals surface area contributed by atoms with Crippen LogP contribution in [0.5, 0.6) is 0 Å². The molecule has 0 aliphatic heterocycles. The highest BCUT2D eigenvalue weighted by Crippen LogP contribution is 2.31. The first-order chi connectivity index (χ1) is 9.92. The highest BCUT2D eigenvalue weighted by molar-refractivity contribution is 7.18. The van der Waals surface area contributed by atoms with Gasteiger partial charge < -0.3 is 0 Å². The Bertz CT molecular complexity index is 878. The number of aromatic nitrogens is 1. The highest BCUT2D eigenvalue weighted by atomic mass is 32.1. The maximum Gasteiger partial charge on any atom is 0.0720 e. The van der Waals surface area contributed by atoms with E-state index in [-0.39, 0.29) is 0 Å². The molecule has 2 aromatic carbocycles. The Labute approximate surface area is 121 Å². The lowest BCUT2D eigenvalue weighted by atomic mass is 10.1. The Morgan fingerprint density at radius 1 is 0.800 bits per heavy atom. The van der Waals surface area contributed by atoms with Crippen LogP contribution in [-0.2, 0) is 6.42 Å². The monoisotopic (exact) mass is 275 g/mol. The van der Waals surface area contributed by atoms with Gasteiger partial charge in [-0.3, -0.25) is 4.98 Å². The summed E-state index contributed by atoms with van der Waals surface area (Å²) in [6, 6.07) is 21.1. The molecule has 2 heterocycles. The number of benzene rings is 2. The van der Waals surface area contributed by atoms with Crippen LogP contribution in [0.2, 0.25) is 0 Å². The number of para-hydroxylation sites is 1. The summed E-state index contributed by atoms with van der Waals surface area (Å²) >= 11 is 1.80. The number of fused-ring (bicyclic) bond motifs is 3. The normalized spacial score (nSPS) is 11.2. The van der Waals surface area contributed by atoms with Gasteiger partial charge in [0.15, 0.2) is 0 Å². The summed E-state index contributed by atoms with van der Waals surface area (Å²) in [6.45, 7) is 0. The van der Waals surface area contributed by atoms with Crippen LogP contribution in [0.25, 0.3) is 21.0 Å². The first kappa shape index (κ1) is 11.6. The van der Waals surface area contributed by atoms with E-state index in [1.54, 1.807) is 11.3 Å². The van der Waals surface area contributed by atoms with Gasteiger partial charge in [0, 0.05) is 21.9 Å². The molecule has 4 rings (SSSR count). The van der Waals surface area contributed by atoms with Crippen molar-refractivity contribution in [2.24, 2.45) is 0 Å². The third-order valence-corrected chi connectivity index (χ3v) is 4.54. The number of hydrogen-bond donors (Lipinski definition) is 0. The van der Waals surface area contributed by atoms with E-state index in [1.165, 1.54) is 26.7 Å². The topological polar surface area (TPSA) is 12.9 Å². The maximum absolute atomic E-state index is 4.88. The first-order valence-corrected chi connectivity index (χ1v) is 7.58. The molecule has 0 atom stereocenters. The molecule has 96 valence electrons. The van der Waals surface area contributed by atoms with E-state index in [0.717, 1.165) is 11.9 Å². The molecule has 0 saturated heterocycles. The lowest BCUT2D eigenvalue weighted by Gasteiger charge is -2.06. The molecule has 0 spiro atoms. The Morgan fingerprint density at radius 2 is 1.60 bits per heavy atom. The first-order valence-electron chi connectivity index (χ1n) is 6.70. The summed E-state index contributed by atoms with van der Waals surface area (Å²) in [5.74, 6) is 0. The van der Waals surface area contributed by atoms with Crippen LogP contribution in [0.4, 0.5) is 0 Å². The molecule has 1 nitrogen and oxygen atoms in total. The van der Waals surface area contributed by atoms with Crippen molar-refractivity contribution in [3.05, 3.63) is 77.3 Å². The molecular formula is C18H13NS. The van der Waals surface area contributed by atoms with Crippen LogP contribution in [-0.4, -0.2) is 4.98 Å². The minimum atomic E-state index is 0.888. The molecule has 0 radical (unpaired) electrons. The summed E-state index contributed by atoms with van der Waals surface area (Å²) in [5, 5.41) is 4.71. The summed E-state index contributed by atoms with van der Waals surface area (Å²) in [6.07, 6.45) is 0.888. The molecule has 0 bridgehead atoms. The Hall–Kier alpha value is -2.19. The van der Waals surface area contributed by atoms with Crippen LogP contribution in [0.1, 0.15) is 11.3 Å². The lowest BCUT2D eigenvalue weighted by Crippen LogP contribution is -1.93. The van der Waals surface area contributed by atoms with Crippen LogP contribution in [0.3, 0.4) is 0 Å². The molecule has 0 saturated carbocycles. The molecule has 2 heteroatoms. The highest BCUT2D eigenvalue weighted by Gasteiger charge is 2.09. The smallest absolute Gasteiger partial charge is 0.0720 e. The molecule has 0 fully saturated rings. The van der Waals surface area contributed by atoms with E-state index in [9.17, 15) is 0 Å². The van der Waals surface area contributed by atoms with Crippen molar-refractivity contribution in [2.75, 3.05) is 0 Å². The third kappa shape index (κ3) is 1.89. The molecule has 0 unspecified atom stereocenters. The van der Waals surface area contributed by atoms with Crippen molar-refractivity contribution >= 4 is 32.3 Å². The standard InChI is InChI=1S/C18H13NS/c1-2-6-13(7-3-1)12-17-15-10-11-20-18(15)14-8-4-5-9-16(14)19-17/h1-11H,12H2. The second-order valence-corrected chi connectivity index (χ2v) is 5.82. The summed E-state index contributed by atoms with van der Waals surface area (Å²) in [5.41, 5.74) is 3.57. The van der Waals surface area contributed by atoms with E-state index in [1.807, 2.05) is 0 Å². The molecular weight excluding hydrogens is 262 g/mol. The zero-order valence-electron chi connectivity index (χ0n) is 10.9. The van der Waals surface area contributed by atoms with Gasteiger partial charge in [-0.2, -0.15) is 0 Å². The molecule has 0 aliphatic rings. The molecule has 0 aliphatic carbocycles. The second-order valence-electron chi connectivity index (χ2n) is 4.90.